The van der Waals surface area contributed by atoms with Crippen LogP contribution in [0.2, 0.25) is 0 Å². The van der Waals surface area contributed by atoms with Gasteiger partial charge in [0.05, 0.1) is 4.90 Å². The van der Waals surface area contributed by atoms with Gasteiger partial charge in [0.25, 0.3) is 0 Å². The molecule has 6 heteroatoms. The van der Waals surface area contributed by atoms with E-state index in [0.717, 1.165) is 17.7 Å². The Balaban J connectivity index is 1.89. The van der Waals surface area contributed by atoms with E-state index in [9.17, 15) is 8.42 Å². The van der Waals surface area contributed by atoms with Crippen LogP contribution in [-0.2, 0) is 16.4 Å². The van der Waals surface area contributed by atoms with Crippen LogP contribution in [0, 0.1) is 5.41 Å². The summed E-state index contributed by atoms with van der Waals surface area (Å²) in [6, 6.07) is 5.21. The largest absolute Gasteiger partial charge is 0.490 e. The first kappa shape index (κ1) is 15.8. The molecule has 2 unspecified atom stereocenters. The van der Waals surface area contributed by atoms with Gasteiger partial charge in [-0.15, -0.1) is 0 Å². The Kier molecular flexibility index (Phi) is 3.74. The lowest BCUT2D eigenvalue weighted by atomic mass is 9.81. The minimum Gasteiger partial charge on any atom is -0.490 e. The predicted molar refractivity (Wildman–Crippen MR) is 85.4 cm³/mol. The van der Waals surface area contributed by atoms with E-state index in [1.54, 1.807) is 22.5 Å². The Labute approximate surface area is 132 Å². The molecule has 0 saturated carbocycles. The van der Waals surface area contributed by atoms with Crippen molar-refractivity contribution < 1.29 is 13.2 Å². The minimum absolute atomic E-state index is 0.0354. The standard InChI is InChI=1S/C16H24N2O3S/c1-11-8-12-9-13(4-5-14(12)21-11)22(19,20)18-7-6-15(17)16(2,3)10-18/h4-5,9,11,15H,6-8,10,17H2,1-3H3. The molecule has 22 heavy (non-hydrogen) atoms. The van der Waals surface area contributed by atoms with Crippen molar-refractivity contribution in [2.24, 2.45) is 11.1 Å². The number of benzene rings is 1. The fraction of sp³-hybridized carbons (Fsp3) is 0.625. The van der Waals surface area contributed by atoms with E-state index in [4.69, 9.17) is 10.5 Å². The molecule has 0 bridgehead atoms. The molecule has 2 aliphatic rings. The van der Waals surface area contributed by atoms with Crippen LogP contribution in [0.4, 0.5) is 0 Å². The average molecular weight is 324 g/mol. The molecular weight excluding hydrogens is 300 g/mol. The van der Waals surface area contributed by atoms with Gasteiger partial charge in [-0.2, -0.15) is 4.31 Å². The smallest absolute Gasteiger partial charge is 0.243 e. The predicted octanol–water partition coefficient (Wildman–Crippen LogP) is 1.76. The third-order valence-corrected chi connectivity index (χ3v) is 6.62. The van der Waals surface area contributed by atoms with Gasteiger partial charge in [0.2, 0.25) is 10.0 Å². The molecule has 2 heterocycles. The topological polar surface area (TPSA) is 72.6 Å². The summed E-state index contributed by atoms with van der Waals surface area (Å²) in [5.74, 6) is 0.799. The maximum absolute atomic E-state index is 12.9. The van der Waals surface area contributed by atoms with Crippen molar-refractivity contribution >= 4 is 10.0 Å². The van der Waals surface area contributed by atoms with Crippen molar-refractivity contribution in [1.82, 2.24) is 4.31 Å². The van der Waals surface area contributed by atoms with Gasteiger partial charge in [-0.05, 0) is 42.5 Å². The lowest BCUT2D eigenvalue weighted by molar-refractivity contribution is 0.155. The highest BCUT2D eigenvalue weighted by Gasteiger charge is 2.39. The zero-order valence-corrected chi connectivity index (χ0v) is 14.2. The summed E-state index contributed by atoms with van der Waals surface area (Å²) < 4.78 is 33.0. The molecule has 0 aliphatic carbocycles. The second-order valence-corrected chi connectivity index (χ2v) is 9.06. The first-order valence-corrected chi connectivity index (χ1v) is 9.19. The normalized spacial score (nSPS) is 28.2. The van der Waals surface area contributed by atoms with Crippen LogP contribution in [-0.4, -0.2) is 38.0 Å². The van der Waals surface area contributed by atoms with Crippen molar-refractivity contribution in [3.05, 3.63) is 23.8 Å². The molecule has 0 radical (unpaired) electrons. The number of nitrogens with zero attached hydrogens (tertiary/aromatic N) is 1. The Hall–Kier alpha value is -1.11. The van der Waals surface area contributed by atoms with Crippen LogP contribution in [0.3, 0.4) is 0 Å². The molecule has 1 aromatic rings. The van der Waals surface area contributed by atoms with E-state index in [1.807, 2.05) is 20.8 Å². The summed E-state index contributed by atoms with van der Waals surface area (Å²) in [5.41, 5.74) is 6.87. The van der Waals surface area contributed by atoms with Gasteiger partial charge in [0.15, 0.2) is 0 Å². The maximum atomic E-state index is 12.9. The van der Waals surface area contributed by atoms with Crippen LogP contribution >= 0.6 is 0 Å². The summed E-state index contributed by atoms with van der Waals surface area (Å²) in [6.45, 7) is 6.98. The third-order valence-electron chi connectivity index (χ3n) is 4.78. The number of hydrogen-bond acceptors (Lipinski definition) is 4. The van der Waals surface area contributed by atoms with Crippen LogP contribution in [0.1, 0.15) is 32.8 Å². The lowest BCUT2D eigenvalue weighted by Crippen LogP contribution is -2.53. The summed E-state index contributed by atoms with van der Waals surface area (Å²) >= 11 is 0. The molecule has 0 amide bonds. The van der Waals surface area contributed by atoms with Crippen molar-refractivity contribution in [3.63, 3.8) is 0 Å². The van der Waals surface area contributed by atoms with Gasteiger partial charge in [0.1, 0.15) is 11.9 Å². The van der Waals surface area contributed by atoms with E-state index in [2.05, 4.69) is 0 Å². The molecule has 2 aliphatic heterocycles. The molecule has 5 nitrogen and oxygen atoms in total. The Morgan fingerprint density at radius 2 is 2.09 bits per heavy atom. The zero-order valence-electron chi connectivity index (χ0n) is 13.4. The van der Waals surface area contributed by atoms with Gasteiger partial charge in [-0.3, -0.25) is 0 Å². The molecule has 1 saturated heterocycles. The number of nitrogens with two attached hydrogens (primary N) is 1. The summed E-state index contributed by atoms with van der Waals surface area (Å²) in [7, 11) is -3.47. The van der Waals surface area contributed by atoms with Crippen molar-refractivity contribution in [3.8, 4) is 5.75 Å². The van der Waals surface area contributed by atoms with Gasteiger partial charge < -0.3 is 10.5 Å². The zero-order chi connectivity index (χ0) is 16.1. The van der Waals surface area contributed by atoms with Gasteiger partial charge in [0, 0.05) is 25.6 Å². The molecule has 1 fully saturated rings. The number of hydrogen-bond donors (Lipinski definition) is 1. The fourth-order valence-electron chi connectivity index (χ4n) is 3.24. The van der Waals surface area contributed by atoms with Crippen molar-refractivity contribution in [2.45, 2.75) is 50.7 Å². The van der Waals surface area contributed by atoms with Crippen LogP contribution in [0.5, 0.6) is 5.75 Å². The third kappa shape index (κ3) is 2.64. The number of piperidine rings is 1. The molecule has 3 rings (SSSR count). The number of rotatable bonds is 2. The fourth-order valence-corrected chi connectivity index (χ4v) is 4.92. The summed E-state index contributed by atoms with van der Waals surface area (Å²) in [4.78, 5) is 0.357. The lowest BCUT2D eigenvalue weighted by Gasteiger charge is -2.41. The van der Waals surface area contributed by atoms with E-state index in [0.29, 0.717) is 24.4 Å². The van der Waals surface area contributed by atoms with Crippen LogP contribution in [0.15, 0.2) is 23.1 Å². The Morgan fingerprint density at radius 1 is 1.36 bits per heavy atom. The highest BCUT2D eigenvalue weighted by atomic mass is 32.2. The number of fused-ring (bicyclic) bond motifs is 1. The summed E-state index contributed by atoms with van der Waals surface area (Å²) in [5, 5.41) is 0. The molecule has 0 aromatic heterocycles. The van der Waals surface area contributed by atoms with Crippen molar-refractivity contribution in [1.29, 1.82) is 0 Å². The van der Waals surface area contributed by atoms with Gasteiger partial charge >= 0.3 is 0 Å². The second-order valence-electron chi connectivity index (χ2n) is 7.12. The second kappa shape index (κ2) is 5.22. The Bertz CT molecular complexity index is 685. The molecule has 122 valence electrons. The monoisotopic (exact) mass is 324 g/mol. The van der Waals surface area contributed by atoms with Crippen molar-refractivity contribution in [2.75, 3.05) is 13.1 Å². The first-order valence-electron chi connectivity index (χ1n) is 7.75. The van der Waals surface area contributed by atoms with E-state index >= 15 is 0 Å². The Morgan fingerprint density at radius 3 is 2.77 bits per heavy atom. The maximum Gasteiger partial charge on any atom is 0.243 e. The van der Waals surface area contributed by atoms with Gasteiger partial charge in [-0.25, -0.2) is 8.42 Å². The van der Waals surface area contributed by atoms with E-state index in [1.165, 1.54) is 0 Å². The molecule has 2 atom stereocenters. The van der Waals surface area contributed by atoms with Crippen LogP contribution in [0.25, 0.3) is 0 Å². The molecule has 0 spiro atoms. The van der Waals surface area contributed by atoms with Crippen LogP contribution < -0.4 is 10.5 Å². The first-order chi connectivity index (χ1) is 10.2. The molecular formula is C16H24N2O3S. The minimum atomic E-state index is -3.47. The SMILES string of the molecule is CC1Cc2cc(S(=O)(=O)N3CCC(N)C(C)(C)C3)ccc2O1. The highest BCUT2D eigenvalue weighted by Crippen LogP contribution is 2.34. The molecule has 1 aromatic carbocycles. The average Bonchev–Trinajstić information content (AvgIpc) is 2.80. The molecule has 2 N–H and O–H groups in total. The van der Waals surface area contributed by atoms with Gasteiger partial charge in [-0.1, -0.05) is 13.8 Å². The summed E-state index contributed by atoms with van der Waals surface area (Å²) in [6.07, 6.45) is 1.56. The number of sulfonamides is 1. The van der Waals surface area contributed by atoms with E-state index in [-0.39, 0.29) is 17.6 Å². The highest BCUT2D eigenvalue weighted by molar-refractivity contribution is 7.89. The quantitative estimate of drug-likeness (QED) is 0.900. The van der Waals surface area contributed by atoms with E-state index < -0.39 is 10.0 Å². The number of ether oxygens (including phenoxy) is 1.